The molecule has 0 fully saturated rings. The Morgan fingerprint density at radius 1 is 1.12 bits per heavy atom. The van der Waals surface area contributed by atoms with Gasteiger partial charge in [-0.25, -0.2) is 0 Å². The molecule has 0 atom stereocenters. The largest absolute Gasteiger partial charge is 0.497 e. The van der Waals surface area contributed by atoms with Crippen LogP contribution in [-0.4, -0.2) is 26.7 Å². The molecule has 0 aliphatic rings. The van der Waals surface area contributed by atoms with Crippen LogP contribution in [0.25, 0.3) is 0 Å². The number of carbonyl (C=O) groups excluding carboxylic acids is 1. The van der Waals surface area contributed by atoms with E-state index >= 15 is 0 Å². The van der Waals surface area contributed by atoms with E-state index in [1.807, 2.05) is 26.0 Å². The van der Waals surface area contributed by atoms with Crippen LogP contribution in [-0.2, 0) is 4.79 Å². The van der Waals surface area contributed by atoms with Crippen molar-refractivity contribution in [1.29, 1.82) is 0 Å². The van der Waals surface area contributed by atoms with Gasteiger partial charge >= 0.3 is 0 Å². The molecule has 0 unspecified atom stereocenters. The van der Waals surface area contributed by atoms with Crippen molar-refractivity contribution in [3.05, 3.63) is 45.9 Å². The average molecular weight is 394 g/mol. The topological polar surface area (TPSA) is 56.8 Å². The third-order valence-electron chi connectivity index (χ3n) is 3.40. The number of hydrogen-bond donors (Lipinski definition) is 1. The fourth-order valence-corrected chi connectivity index (χ4v) is 3.10. The number of methoxy groups -OCH3 is 2. The third-order valence-corrected chi connectivity index (χ3v) is 3.99. The maximum atomic E-state index is 12.2. The van der Waals surface area contributed by atoms with Crippen molar-refractivity contribution in [2.45, 2.75) is 13.8 Å². The van der Waals surface area contributed by atoms with Crippen molar-refractivity contribution in [3.8, 4) is 17.2 Å². The van der Waals surface area contributed by atoms with E-state index in [9.17, 15) is 4.79 Å². The molecule has 1 N–H and O–H groups in total. The lowest BCUT2D eigenvalue weighted by Crippen LogP contribution is -2.21. The Bertz CT molecular complexity index is 723. The molecule has 0 radical (unpaired) electrons. The highest BCUT2D eigenvalue weighted by atomic mass is 79.9. The van der Waals surface area contributed by atoms with Crippen LogP contribution in [0.1, 0.15) is 11.1 Å². The number of halogens is 1. The van der Waals surface area contributed by atoms with Gasteiger partial charge in [-0.2, -0.15) is 0 Å². The standard InChI is InChI=1S/C18H20BrNO4/c1-11-7-12(2)18(14(19)8-11)24-10-17(21)20-15-6-5-13(22-3)9-16(15)23-4/h5-9H,10H2,1-4H3,(H,20,21). The zero-order valence-corrected chi connectivity index (χ0v) is 15.7. The Labute approximate surface area is 150 Å². The quantitative estimate of drug-likeness (QED) is 0.802. The molecule has 0 aliphatic heterocycles. The summed E-state index contributed by atoms with van der Waals surface area (Å²) in [6.07, 6.45) is 0. The van der Waals surface area contributed by atoms with Gasteiger partial charge in [-0.3, -0.25) is 4.79 Å². The van der Waals surface area contributed by atoms with E-state index in [-0.39, 0.29) is 12.5 Å². The van der Waals surface area contributed by atoms with Crippen molar-refractivity contribution in [3.63, 3.8) is 0 Å². The number of benzene rings is 2. The molecule has 2 aromatic rings. The van der Waals surface area contributed by atoms with Crippen molar-refractivity contribution >= 4 is 27.5 Å². The number of ether oxygens (including phenoxy) is 3. The van der Waals surface area contributed by atoms with Crippen LogP contribution in [0, 0.1) is 13.8 Å². The first-order valence-electron chi connectivity index (χ1n) is 7.36. The second-order valence-electron chi connectivity index (χ2n) is 5.30. The van der Waals surface area contributed by atoms with Gasteiger partial charge in [-0.15, -0.1) is 0 Å². The molecular weight excluding hydrogens is 374 g/mol. The second kappa shape index (κ2) is 8.06. The minimum Gasteiger partial charge on any atom is -0.497 e. The van der Waals surface area contributed by atoms with Crippen LogP contribution in [0.3, 0.4) is 0 Å². The molecular formula is C18H20BrNO4. The highest BCUT2D eigenvalue weighted by Gasteiger charge is 2.12. The lowest BCUT2D eigenvalue weighted by molar-refractivity contribution is -0.118. The van der Waals surface area contributed by atoms with Crippen molar-refractivity contribution in [2.75, 3.05) is 26.1 Å². The van der Waals surface area contributed by atoms with Crippen molar-refractivity contribution in [1.82, 2.24) is 0 Å². The Morgan fingerprint density at radius 3 is 2.50 bits per heavy atom. The summed E-state index contributed by atoms with van der Waals surface area (Å²) in [5, 5.41) is 2.77. The van der Waals surface area contributed by atoms with Crippen LogP contribution in [0.15, 0.2) is 34.8 Å². The van der Waals surface area contributed by atoms with Crippen LogP contribution in [0.2, 0.25) is 0 Å². The smallest absolute Gasteiger partial charge is 0.262 e. The molecule has 0 heterocycles. The Balaban J connectivity index is 2.04. The Hall–Kier alpha value is -2.21. The van der Waals surface area contributed by atoms with Gasteiger partial charge in [0.1, 0.15) is 17.2 Å². The molecule has 24 heavy (non-hydrogen) atoms. The first kappa shape index (κ1) is 18.1. The van der Waals surface area contributed by atoms with E-state index < -0.39 is 0 Å². The number of aryl methyl sites for hydroxylation is 2. The summed E-state index contributed by atoms with van der Waals surface area (Å²) in [6, 6.07) is 9.14. The van der Waals surface area contributed by atoms with Gasteiger partial charge in [0.25, 0.3) is 5.91 Å². The maximum absolute atomic E-state index is 12.2. The van der Waals surface area contributed by atoms with Gasteiger partial charge in [-0.1, -0.05) is 6.07 Å². The normalized spacial score (nSPS) is 10.2. The summed E-state index contributed by atoms with van der Waals surface area (Å²) >= 11 is 3.46. The fraction of sp³-hybridized carbons (Fsp3) is 0.278. The molecule has 0 bridgehead atoms. The molecule has 0 saturated heterocycles. The van der Waals surface area contributed by atoms with Gasteiger partial charge < -0.3 is 19.5 Å². The summed E-state index contributed by atoms with van der Waals surface area (Å²) in [5.41, 5.74) is 2.66. The predicted molar refractivity (Wildman–Crippen MR) is 97.3 cm³/mol. The summed E-state index contributed by atoms with van der Waals surface area (Å²) < 4.78 is 16.9. The van der Waals surface area contributed by atoms with Gasteiger partial charge in [0.05, 0.1) is 24.4 Å². The second-order valence-corrected chi connectivity index (χ2v) is 6.15. The van der Waals surface area contributed by atoms with Gasteiger partial charge in [-0.05, 0) is 59.1 Å². The molecule has 5 nitrogen and oxygen atoms in total. The Kier molecular flexibility index (Phi) is 6.09. The SMILES string of the molecule is COc1ccc(NC(=O)COc2c(C)cc(C)cc2Br)c(OC)c1. The third kappa shape index (κ3) is 4.41. The van der Waals surface area contributed by atoms with E-state index in [2.05, 4.69) is 21.2 Å². The van der Waals surface area contributed by atoms with E-state index in [0.717, 1.165) is 15.6 Å². The summed E-state index contributed by atoms with van der Waals surface area (Å²) in [4.78, 5) is 12.2. The number of anilines is 1. The molecule has 0 saturated carbocycles. The minimum atomic E-state index is -0.273. The van der Waals surface area contributed by atoms with Gasteiger partial charge in [0.15, 0.2) is 6.61 Å². The molecule has 1 amide bonds. The first-order valence-corrected chi connectivity index (χ1v) is 8.15. The van der Waals surface area contributed by atoms with Crippen LogP contribution in [0.5, 0.6) is 17.2 Å². The van der Waals surface area contributed by atoms with E-state index in [4.69, 9.17) is 14.2 Å². The Morgan fingerprint density at radius 2 is 1.88 bits per heavy atom. The summed E-state index contributed by atoms with van der Waals surface area (Å²) in [7, 11) is 3.11. The molecule has 128 valence electrons. The lowest BCUT2D eigenvalue weighted by Gasteiger charge is -2.14. The van der Waals surface area contributed by atoms with Crippen molar-refractivity contribution in [2.24, 2.45) is 0 Å². The molecule has 2 rings (SSSR count). The molecule has 6 heteroatoms. The predicted octanol–water partition coefficient (Wildman–Crippen LogP) is 4.10. The summed E-state index contributed by atoms with van der Waals surface area (Å²) in [6.45, 7) is 3.85. The number of rotatable bonds is 6. The zero-order valence-electron chi connectivity index (χ0n) is 14.1. The number of nitrogens with one attached hydrogen (secondary N) is 1. The monoisotopic (exact) mass is 393 g/mol. The summed E-state index contributed by atoms with van der Waals surface area (Å²) in [5.74, 6) is 1.57. The number of carbonyl (C=O) groups is 1. The molecule has 0 aliphatic carbocycles. The van der Waals surface area contributed by atoms with Crippen LogP contribution in [0.4, 0.5) is 5.69 Å². The number of hydrogen-bond acceptors (Lipinski definition) is 4. The highest BCUT2D eigenvalue weighted by Crippen LogP contribution is 2.31. The lowest BCUT2D eigenvalue weighted by atomic mass is 10.1. The zero-order chi connectivity index (χ0) is 17.7. The maximum Gasteiger partial charge on any atom is 0.262 e. The van der Waals surface area contributed by atoms with E-state index in [1.165, 1.54) is 7.11 Å². The van der Waals surface area contributed by atoms with Gasteiger partial charge in [0, 0.05) is 6.07 Å². The fourth-order valence-electron chi connectivity index (χ4n) is 2.31. The average Bonchev–Trinajstić information content (AvgIpc) is 2.54. The highest BCUT2D eigenvalue weighted by molar-refractivity contribution is 9.10. The molecule has 0 spiro atoms. The minimum absolute atomic E-state index is 0.0995. The van der Waals surface area contributed by atoms with Gasteiger partial charge in [0.2, 0.25) is 0 Å². The van der Waals surface area contributed by atoms with Crippen molar-refractivity contribution < 1.29 is 19.0 Å². The van der Waals surface area contributed by atoms with E-state index in [0.29, 0.717) is 22.9 Å². The number of amides is 1. The first-order chi connectivity index (χ1) is 11.4. The molecule has 2 aromatic carbocycles. The van der Waals surface area contributed by atoms with E-state index in [1.54, 1.807) is 25.3 Å². The molecule has 0 aromatic heterocycles. The van der Waals surface area contributed by atoms with Crippen LogP contribution < -0.4 is 19.5 Å². The van der Waals surface area contributed by atoms with Crippen LogP contribution >= 0.6 is 15.9 Å².